The maximum atomic E-state index is 12.7. The molecule has 0 spiro atoms. The lowest BCUT2D eigenvalue weighted by atomic mass is 10.0. The van der Waals surface area contributed by atoms with Gasteiger partial charge in [0.25, 0.3) is 5.91 Å². The van der Waals surface area contributed by atoms with Gasteiger partial charge in [0.05, 0.1) is 0 Å². The molecular weight excluding hydrogens is 340 g/mol. The zero-order valence-electron chi connectivity index (χ0n) is 14.4. The summed E-state index contributed by atoms with van der Waals surface area (Å²) in [7, 11) is 0. The number of anilines is 1. The number of carboxylic acids is 1. The van der Waals surface area contributed by atoms with Crippen LogP contribution in [0.15, 0.2) is 24.3 Å². The normalized spacial score (nSPS) is 17.2. The van der Waals surface area contributed by atoms with E-state index in [1.54, 1.807) is 36.0 Å². The van der Waals surface area contributed by atoms with Crippen molar-refractivity contribution in [2.24, 2.45) is 0 Å². The molecular formula is C18H24N2O4S. The van der Waals surface area contributed by atoms with Crippen molar-refractivity contribution in [2.75, 3.05) is 23.9 Å². The quantitative estimate of drug-likeness (QED) is 0.727. The van der Waals surface area contributed by atoms with E-state index in [4.69, 9.17) is 0 Å². The number of rotatable bonds is 7. The van der Waals surface area contributed by atoms with Gasteiger partial charge >= 0.3 is 5.97 Å². The number of carbonyl (C=O) groups is 3. The number of nitrogens with one attached hydrogen (secondary N) is 1. The summed E-state index contributed by atoms with van der Waals surface area (Å²) < 4.78 is 0. The Morgan fingerprint density at radius 3 is 2.84 bits per heavy atom. The Balaban J connectivity index is 2.05. The molecule has 136 valence electrons. The lowest BCUT2D eigenvalue weighted by molar-refractivity contribution is -0.143. The lowest BCUT2D eigenvalue weighted by Crippen LogP contribution is -2.48. The predicted molar refractivity (Wildman–Crippen MR) is 99.0 cm³/mol. The maximum Gasteiger partial charge on any atom is 0.326 e. The third kappa shape index (κ3) is 5.49. The summed E-state index contributed by atoms with van der Waals surface area (Å²) in [5.74, 6) is -0.422. The van der Waals surface area contributed by atoms with Crippen LogP contribution in [-0.2, 0) is 9.59 Å². The fourth-order valence-corrected chi connectivity index (χ4v) is 3.36. The van der Waals surface area contributed by atoms with Crippen molar-refractivity contribution in [3.05, 3.63) is 29.8 Å². The molecule has 1 saturated heterocycles. The summed E-state index contributed by atoms with van der Waals surface area (Å²) in [6.07, 6.45) is 5.34. The SMILES string of the molecule is CSCCCC(=O)Nc1cccc(C(=O)N2CCCCC2C(=O)O)c1. The first-order valence-electron chi connectivity index (χ1n) is 8.45. The van der Waals surface area contributed by atoms with E-state index in [1.807, 2.05) is 6.26 Å². The van der Waals surface area contributed by atoms with E-state index < -0.39 is 12.0 Å². The Kier molecular flexibility index (Phi) is 7.31. The smallest absolute Gasteiger partial charge is 0.326 e. The molecule has 0 bridgehead atoms. The zero-order chi connectivity index (χ0) is 18.2. The van der Waals surface area contributed by atoms with Gasteiger partial charge in [-0.3, -0.25) is 9.59 Å². The first-order chi connectivity index (χ1) is 12.0. The van der Waals surface area contributed by atoms with Crippen LogP contribution in [0.25, 0.3) is 0 Å². The molecule has 1 aromatic carbocycles. The van der Waals surface area contributed by atoms with Gasteiger partial charge in [-0.2, -0.15) is 11.8 Å². The van der Waals surface area contributed by atoms with Crippen molar-refractivity contribution in [3.8, 4) is 0 Å². The zero-order valence-corrected chi connectivity index (χ0v) is 15.2. The molecule has 25 heavy (non-hydrogen) atoms. The minimum Gasteiger partial charge on any atom is -0.480 e. The van der Waals surface area contributed by atoms with Crippen LogP contribution in [0.2, 0.25) is 0 Å². The molecule has 2 N–H and O–H groups in total. The van der Waals surface area contributed by atoms with Gasteiger partial charge in [0.2, 0.25) is 5.91 Å². The minimum absolute atomic E-state index is 0.0833. The molecule has 0 aromatic heterocycles. The second kappa shape index (κ2) is 9.46. The number of piperidine rings is 1. The highest BCUT2D eigenvalue weighted by Gasteiger charge is 2.32. The molecule has 0 saturated carbocycles. The largest absolute Gasteiger partial charge is 0.480 e. The van der Waals surface area contributed by atoms with Crippen molar-refractivity contribution in [1.82, 2.24) is 4.90 Å². The molecule has 7 heteroatoms. The number of likely N-dealkylation sites (tertiary alicyclic amines) is 1. The fraction of sp³-hybridized carbons (Fsp3) is 0.500. The first-order valence-corrected chi connectivity index (χ1v) is 9.85. The van der Waals surface area contributed by atoms with Gasteiger partial charge in [0.1, 0.15) is 6.04 Å². The van der Waals surface area contributed by atoms with Gasteiger partial charge in [0.15, 0.2) is 0 Å². The average Bonchev–Trinajstić information content (AvgIpc) is 2.61. The van der Waals surface area contributed by atoms with E-state index in [0.29, 0.717) is 30.6 Å². The Labute approximate surface area is 152 Å². The molecule has 2 amide bonds. The van der Waals surface area contributed by atoms with Crippen LogP contribution in [0.5, 0.6) is 0 Å². The topological polar surface area (TPSA) is 86.7 Å². The fourth-order valence-electron chi connectivity index (χ4n) is 2.93. The Bertz CT molecular complexity index is 635. The number of thioether (sulfide) groups is 1. The molecule has 0 radical (unpaired) electrons. The molecule has 1 aliphatic heterocycles. The molecule has 2 rings (SSSR count). The number of hydrogen-bond acceptors (Lipinski definition) is 4. The second-order valence-corrected chi connectivity index (χ2v) is 7.06. The highest BCUT2D eigenvalue weighted by atomic mass is 32.2. The van der Waals surface area contributed by atoms with E-state index in [9.17, 15) is 19.5 Å². The van der Waals surface area contributed by atoms with Crippen LogP contribution in [0.1, 0.15) is 42.5 Å². The Morgan fingerprint density at radius 2 is 2.12 bits per heavy atom. The van der Waals surface area contributed by atoms with Crippen molar-refractivity contribution in [1.29, 1.82) is 0 Å². The molecule has 6 nitrogen and oxygen atoms in total. The summed E-state index contributed by atoms with van der Waals surface area (Å²) >= 11 is 1.70. The maximum absolute atomic E-state index is 12.7. The second-order valence-electron chi connectivity index (χ2n) is 6.07. The number of amides is 2. The summed E-state index contributed by atoms with van der Waals surface area (Å²) in [5, 5.41) is 12.1. The van der Waals surface area contributed by atoms with Gasteiger partial charge in [0, 0.05) is 24.2 Å². The third-order valence-corrected chi connectivity index (χ3v) is 4.89. The number of hydrogen-bond donors (Lipinski definition) is 2. The number of carboxylic acid groups (broad SMARTS) is 1. The van der Waals surface area contributed by atoms with Crippen LogP contribution >= 0.6 is 11.8 Å². The van der Waals surface area contributed by atoms with Crippen molar-refractivity contribution >= 4 is 35.2 Å². The van der Waals surface area contributed by atoms with Crippen LogP contribution in [0.3, 0.4) is 0 Å². The van der Waals surface area contributed by atoms with Crippen molar-refractivity contribution in [3.63, 3.8) is 0 Å². The molecule has 1 unspecified atom stereocenters. The summed E-state index contributed by atoms with van der Waals surface area (Å²) in [5.41, 5.74) is 0.957. The predicted octanol–water partition coefficient (Wildman–Crippen LogP) is 2.85. The van der Waals surface area contributed by atoms with Gasteiger partial charge in [-0.15, -0.1) is 0 Å². The van der Waals surface area contributed by atoms with Crippen LogP contribution in [0.4, 0.5) is 5.69 Å². The van der Waals surface area contributed by atoms with Crippen LogP contribution < -0.4 is 5.32 Å². The van der Waals surface area contributed by atoms with Crippen molar-refractivity contribution in [2.45, 2.75) is 38.1 Å². The monoisotopic (exact) mass is 364 g/mol. The van der Waals surface area contributed by atoms with E-state index in [0.717, 1.165) is 25.0 Å². The summed E-state index contributed by atoms with van der Waals surface area (Å²) in [6, 6.07) is 5.92. The average molecular weight is 364 g/mol. The molecule has 1 atom stereocenters. The van der Waals surface area contributed by atoms with Crippen LogP contribution in [0, 0.1) is 0 Å². The number of benzene rings is 1. The highest BCUT2D eigenvalue weighted by Crippen LogP contribution is 2.21. The minimum atomic E-state index is -0.966. The van der Waals surface area contributed by atoms with Gasteiger partial charge in [-0.05, 0) is 55.9 Å². The van der Waals surface area contributed by atoms with Gasteiger partial charge in [-0.1, -0.05) is 6.07 Å². The standard InChI is InChI=1S/C18H24N2O4S/c1-25-11-5-9-16(21)19-14-7-4-6-13(12-14)17(22)20-10-3-2-8-15(20)18(23)24/h4,6-7,12,15H,2-3,5,8-11H2,1H3,(H,19,21)(H,23,24). The van der Waals surface area contributed by atoms with Crippen molar-refractivity contribution < 1.29 is 19.5 Å². The van der Waals surface area contributed by atoms with E-state index in [1.165, 1.54) is 4.90 Å². The molecule has 1 aliphatic rings. The number of nitrogens with zero attached hydrogens (tertiary/aromatic N) is 1. The summed E-state index contributed by atoms with van der Waals surface area (Å²) in [4.78, 5) is 37.4. The van der Waals surface area contributed by atoms with Gasteiger partial charge < -0.3 is 15.3 Å². The van der Waals surface area contributed by atoms with Crippen LogP contribution in [-0.4, -0.2) is 52.4 Å². The van der Waals surface area contributed by atoms with E-state index in [2.05, 4.69) is 5.32 Å². The molecule has 1 aromatic rings. The van der Waals surface area contributed by atoms with E-state index >= 15 is 0 Å². The molecule has 0 aliphatic carbocycles. The lowest BCUT2D eigenvalue weighted by Gasteiger charge is -2.33. The number of carbonyl (C=O) groups excluding carboxylic acids is 2. The highest BCUT2D eigenvalue weighted by molar-refractivity contribution is 7.98. The Morgan fingerprint density at radius 1 is 1.32 bits per heavy atom. The van der Waals surface area contributed by atoms with Gasteiger partial charge in [-0.25, -0.2) is 4.79 Å². The first kappa shape index (κ1) is 19.3. The molecule has 1 heterocycles. The van der Waals surface area contributed by atoms with E-state index in [-0.39, 0.29) is 11.8 Å². The summed E-state index contributed by atoms with van der Waals surface area (Å²) in [6.45, 7) is 0.446. The third-order valence-electron chi connectivity index (χ3n) is 4.19. The number of aliphatic carboxylic acids is 1. The Hall–Kier alpha value is -2.02. The molecule has 1 fully saturated rings.